The van der Waals surface area contributed by atoms with Crippen molar-refractivity contribution in [2.75, 3.05) is 32.2 Å². The van der Waals surface area contributed by atoms with Crippen molar-refractivity contribution < 1.29 is 14.2 Å². The van der Waals surface area contributed by atoms with Crippen molar-refractivity contribution in [3.8, 4) is 17.8 Å². The summed E-state index contributed by atoms with van der Waals surface area (Å²) in [5.41, 5.74) is 1.02. The SMILES string of the molecule is COc1nc(OC)nc(N2CCC(Oc3ccncc3C)C2)n1. The third-order valence-corrected chi connectivity index (χ3v) is 3.64. The van der Waals surface area contributed by atoms with Crippen molar-refractivity contribution >= 4 is 5.95 Å². The Bertz CT molecular complexity index is 660. The number of aromatic nitrogens is 4. The molecule has 8 nitrogen and oxygen atoms in total. The Kier molecular flexibility index (Phi) is 4.40. The van der Waals surface area contributed by atoms with Gasteiger partial charge in [0.1, 0.15) is 11.9 Å². The Labute approximate surface area is 134 Å². The Morgan fingerprint density at radius 2 is 1.87 bits per heavy atom. The van der Waals surface area contributed by atoms with Crippen LogP contribution in [-0.2, 0) is 0 Å². The summed E-state index contributed by atoms with van der Waals surface area (Å²) in [5, 5.41) is 0. The lowest BCUT2D eigenvalue weighted by molar-refractivity contribution is 0.223. The van der Waals surface area contributed by atoms with Gasteiger partial charge in [0, 0.05) is 30.9 Å². The van der Waals surface area contributed by atoms with E-state index in [4.69, 9.17) is 14.2 Å². The van der Waals surface area contributed by atoms with Crippen LogP contribution in [0, 0.1) is 6.92 Å². The lowest BCUT2D eigenvalue weighted by Gasteiger charge is -2.18. The van der Waals surface area contributed by atoms with Crippen LogP contribution in [0.1, 0.15) is 12.0 Å². The monoisotopic (exact) mass is 317 g/mol. The second-order valence-electron chi connectivity index (χ2n) is 5.22. The zero-order chi connectivity index (χ0) is 16.2. The minimum absolute atomic E-state index is 0.0739. The maximum Gasteiger partial charge on any atom is 0.324 e. The normalized spacial score (nSPS) is 17.2. The molecule has 0 saturated carbocycles. The molecule has 0 amide bonds. The standard InChI is InChI=1S/C15H19N5O3/c1-10-8-16-6-4-12(10)23-11-5-7-20(9-11)13-17-14(21-2)19-15(18-13)22-3/h4,6,8,11H,5,7,9H2,1-3H3. The Morgan fingerprint density at radius 1 is 1.13 bits per heavy atom. The molecule has 0 aromatic carbocycles. The Hall–Kier alpha value is -2.64. The van der Waals surface area contributed by atoms with E-state index in [9.17, 15) is 0 Å². The van der Waals surface area contributed by atoms with E-state index in [2.05, 4.69) is 19.9 Å². The van der Waals surface area contributed by atoms with E-state index in [1.807, 2.05) is 17.9 Å². The van der Waals surface area contributed by atoms with Gasteiger partial charge >= 0.3 is 12.0 Å². The molecule has 8 heteroatoms. The third-order valence-electron chi connectivity index (χ3n) is 3.64. The Morgan fingerprint density at radius 3 is 2.52 bits per heavy atom. The lowest BCUT2D eigenvalue weighted by atomic mass is 10.2. The van der Waals surface area contributed by atoms with Gasteiger partial charge in [-0.25, -0.2) is 0 Å². The molecule has 0 bridgehead atoms. The van der Waals surface area contributed by atoms with Gasteiger partial charge in [-0.2, -0.15) is 9.97 Å². The second-order valence-corrected chi connectivity index (χ2v) is 5.22. The molecule has 23 heavy (non-hydrogen) atoms. The smallest absolute Gasteiger partial charge is 0.324 e. The molecule has 1 aliphatic rings. The third kappa shape index (κ3) is 3.41. The summed E-state index contributed by atoms with van der Waals surface area (Å²) < 4.78 is 16.2. The van der Waals surface area contributed by atoms with E-state index in [0.717, 1.165) is 24.3 Å². The fourth-order valence-corrected chi connectivity index (χ4v) is 2.43. The topological polar surface area (TPSA) is 82.5 Å². The average molecular weight is 317 g/mol. The number of hydrogen-bond acceptors (Lipinski definition) is 8. The highest BCUT2D eigenvalue weighted by molar-refractivity contribution is 5.35. The van der Waals surface area contributed by atoms with E-state index in [1.54, 1.807) is 12.4 Å². The zero-order valence-corrected chi connectivity index (χ0v) is 13.4. The molecular weight excluding hydrogens is 298 g/mol. The molecule has 2 aromatic rings. The maximum absolute atomic E-state index is 6.06. The van der Waals surface area contributed by atoms with Crippen LogP contribution in [0.4, 0.5) is 5.95 Å². The van der Waals surface area contributed by atoms with Crippen LogP contribution in [0.25, 0.3) is 0 Å². The van der Waals surface area contributed by atoms with Gasteiger partial charge < -0.3 is 19.1 Å². The molecule has 122 valence electrons. The maximum atomic E-state index is 6.06. The van der Waals surface area contributed by atoms with Crippen LogP contribution in [0.3, 0.4) is 0 Å². The summed E-state index contributed by atoms with van der Waals surface area (Å²) >= 11 is 0. The van der Waals surface area contributed by atoms with Crippen LogP contribution in [0.5, 0.6) is 17.8 Å². The van der Waals surface area contributed by atoms with Crippen molar-refractivity contribution in [3.05, 3.63) is 24.0 Å². The summed E-state index contributed by atoms with van der Waals surface area (Å²) in [4.78, 5) is 18.7. The van der Waals surface area contributed by atoms with Crippen molar-refractivity contribution in [2.45, 2.75) is 19.4 Å². The molecule has 2 aromatic heterocycles. The van der Waals surface area contributed by atoms with Gasteiger partial charge in [0.05, 0.1) is 20.8 Å². The highest BCUT2D eigenvalue weighted by Crippen LogP contribution is 2.24. The van der Waals surface area contributed by atoms with Crippen LogP contribution in [-0.4, -0.2) is 53.3 Å². The van der Waals surface area contributed by atoms with E-state index in [1.165, 1.54) is 14.2 Å². The largest absolute Gasteiger partial charge is 0.488 e. The molecule has 1 unspecified atom stereocenters. The van der Waals surface area contributed by atoms with E-state index < -0.39 is 0 Å². The van der Waals surface area contributed by atoms with Gasteiger partial charge in [0.15, 0.2) is 0 Å². The molecule has 0 aliphatic carbocycles. The molecule has 0 spiro atoms. The van der Waals surface area contributed by atoms with E-state index >= 15 is 0 Å². The summed E-state index contributed by atoms with van der Waals surface area (Å²) in [7, 11) is 3.03. The average Bonchev–Trinajstić information content (AvgIpc) is 3.05. The first-order valence-electron chi connectivity index (χ1n) is 7.36. The molecule has 1 atom stereocenters. The van der Waals surface area contributed by atoms with E-state index in [0.29, 0.717) is 12.5 Å². The van der Waals surface area contributed by atoms with Gasteiger partial charge in [-0.3, -0.25) is 4.98 Å². The van der Waals surface area contributed by atoms with Crippen LogP contribution >= 0.6 is 0 Å². The quantitative estimate of drug-likeness (QED) is 0.815. The fourth-order valence-electron chi connectivity index (χ4n) is 2.43. The predicted molar refractivity (Wildman–Crippen MR) is 83.2 cm³/mol. The van der Waals surface area contributed by atoms with Gasteiger partial charge in [-0.15, -0.1) is 4.98 Å². The van der Waals surface area contributed by atoms with Crippen molar-refractivity contribution in [1.29, 1.82) is 0 Å². The first-order chi connectivity index (χ1) is 11.2. The minimum atomic E-state index is 0.0739. The molecule has 3 heterocycles. The number of hydrogen-bond donors (Lipinski definition) is 0. The number of pyridine rings is 1. The number of nitrogens with zero attached hydrogens (tertiary/aromatic N) is 5. The van der Waals surface area contributed by atoms with Crippen LogP contribution in [0.15, 0.2) is 18.5 Å². The van der Waals surface area contributed by atoms with Crippen LogP contribution in [0.2, 0.25) is 0 Å². The Balaban J connectivity index is 1.71. The molecule has 1 aliphatic heterocycles. The number of rotatable bonds is 5. The predicted octanol–water partition coefficient (Wildman–Crippen LogP) is 1.25. The number of aryl methyl sites for hydroxylation is 1. The molecule has 0 N–H and O–H groups in total. The second kappa shape index (κ2) is 6.64. The highest BCUT2D eigenvalue weighted by Gasteiger charge is 2.27. The molecule has 3 rings (SSSR count). The number of anilines is 1. The van der Waals surface area contributed by atoms with Gasteiger partial charge in [-0.1, -0.05) is 0 Å². The first-order valence-corrected chi connectivity index (χ1v) is 7.36. The molecular formula is C15H19N5O3. The first kappa shape index (κ1) is 15.3. The number of methoxy groups -OCH3 is 2. The number of ether oxygens (including phenoxy) is 3. The van der Waals surface area contributed by atoms with Crippen LogP contribution < -0.4 is 19.1 Å². The summed E-state index contributed by atoms with van der Waals surface area (Å²) in [6.07, 6.45) is 4.49. The minimum Gasteiger partial charge on any atom is -0.488 e. The summed E-state index contributed by atoms with van der Waals surface area (Å²) in [6, 6.07) is 2.36. The van der Waals surface area contributed by atoms with Gasteiger partial charge in [0.25, 0.3) is 0 Å². The van der Waals surface area contributed by atoms with Crippen molar-refractivity contribution in [3.63, 3.8) is 0 Å². The van der Waals surface area contributed by atoms with E-state index in [-0.39, 0.29) is 18.1 Å². The fraction of sp³-hybridized carbons (Fsp3) is 0.467. The van der Waals surface area contributed by atoms with Gasteiger partial charge in [-0.05, 0) is 13.0 Å². The molecule has 0 radical (unpaired) electrons. The molecule has 1 saturated heterocycles. The highest BCUT2D eigenvalue weighted by atomic mass is 16.5. The molecule has 1 fully saturated rings. The summed E-state index contributed by atoms with van der Waals surface area (Å²) in [6.45, 7) is 3.47. The lowest BCUT2D eigenvalue weighted by Crippen LogP contribution is -2.26. The summed E-state index contributed by atoms with van der Waals surface area (Å²) in [5.74, 6) is 1.39. The van der Waals surface area contributed by atoms with Gasteiger partial charge in [0.2, 0.25) is 5.95 Å². The van der Waals surface area contributed by atoms with Crippen molar-refractivity contribution in [2.24, 2.45) is 0 Å². The zero-order valence-electron chi connectivity index (χ0n) is 13.4. The van der Waals surface area contributed by atoms with Crippen molar-refractivity contribution in [1.82, 2.24) is 19.9 Å².